The summed E-state index contributed by atoms with van der Waals surface area (Å²) in [6.45, 7) is 0.953. The molecule has 0 radical (unpaired) electrons. The van der Waals surface area contributed by atoms with E-state index >= 15 is 0 Å². The molecule has 0 aromatic heterocycles. The maximum absolute atomic E-state index is 8.98. The lowest BCUT2D eigenvalue weighted by atomic mass is 10.3. The van der Waals surface area contributed by atoms with E-state index in [-0.39, 0.29) is 19.8 Å². The Morgan fingerprint density at radius 2 is 1.44 bits per heavy atom. The molecule has 0 spiro atoms. The Kier molecular flexibility index (Phi) is 11.1. The van der Waals surface area contributed by atoms with Crippen LogP contribution in [0.3, 0.4) is 0 Å². The number of aliphatic hydroxyl groups is 4. The van der Waals surface area contributed by atoms with E-state index in [1.165, 1.54) is 0 Å². The third-order valence-corrected chi connectivity index (χ3v) is 1.90. The van der Waals surface area contributed by atoms with Crippen molar-refractivity contribution in [1.82, 2.24) is 0 Å². The largest absolute Gasteiger partial charge is 0.394 e. The van der Waals surface area contributed by atoms with Crippen LogP contribution in [-0.2, 0) is 9.47 Å². The predicted molar refractivity (Wildman–Crippen MR) is 57.1 cm³/mol. The third kappa shape index (κ3) is 10.3. The van der Waals surface area contributed by atoms with Crippen molar-refractivity contribution in [2.45, 2.75) is 25.0 Å². The molecule has 6 nitrogen and oxygen atoms in total. The van der Waals surface area contributed by atoms with Crippen LogP contribution in [0, 0.1) is 0 Å². The predicted octanol–water partition coefficient (Wildman–Crippen LogP) is -1.49. The van der Waals surface area contributed by atoms with Gasteiger partial charge in [0.05, 0.1) is 25.9 Å². The Labute approximate surface area is 95.4 Å². The zero-order valence-corrected chi connectivity index (χ0v) is 9.42. The van der Waals surface area contributed by atoms with Crippen LogP contribution in [0.4, 0.5) is 0 Å². The first-order valence-corrected chi connectivity index (χ1v) is 5.44. The summed E-state index contributed by atoms with van der Waals surface area (Å²) in [5.41, 5.74) is 0. The van der Waals surface area contributed by atoms with Crippen LogP contribution in [0.25, 0.3) is 0 Å². The van der Waals surface area contributed by atoms with Crippen LogP contribution in [0.1, 0.15) is 12.8 Å². The molecule has 0 aliphatic rings. The van der Waals surface area contributed by atoms with E-state index in [4.69, 9.17) is 29.9 Å². The van der Waals surface area contributed by atoms with Gasteiger partial charge in [-0.2, -0.15) is 0 Å². The van der Waals surface area contributed by atoms with Gasteiger partial charge in [0.1, 0.15) is 6.10 Å². The van der Waals surface area contributed by atoms with Gasteiger partial charge in [-0.05, 0) is 12.8 Å². The SMILES string of the molecule is OCC(O)CCOCCCOCC(O)CO. The van der Waals surface area contributed by atoms with Crippen molar-refractivity contribution >= 4 is 0 Å². The Morgan fingerprint density at radius 3 is 2.06 bits per heavy atom. The second kappa shape index (κ2) is 11.3. The van der Waals surface area contributed by atoms with Crippen molar-refractivity contribution in [1.29, 1.82) is 0 Å². The van der Waals surface area contributed by atoms with Crippen molar-refractivity contribution in [2.24, 2.45) is 0 Å². The normalized spacial score (nSPS) is 15.0. The van der Waals surface area contributed by atoms with Crippen LogP contribution in [0.2, 0.25) is 0 Å². The summed E-state index contributed by atoms with van der Waals surface area (Å²) in [6, 6.07) is 0. The van der Waals surface area contributed by atoms with Crippen LogP contribution in [-0.4, -0.2) is 72.3 Å². The first-order chi connectivity index (χ1) is 7.70. The van der Waals surface area contributed by atoms with Crippen molar-refractivity contribution < 1.29 is 29.9 Å². The fourth-order valence-electron chi connectivity index (χ4n) is 0.948. The Morgan fingerprint density at radius 1 is 0.812 bits per heavy atom. The molecule has 0 bridgehead atoms. The van der Waals surface area contributed by atoms with E-state index < -0.39 is 12.2 Å². The average molecular weight is 238 g/mol. The zero-order valence-electron chi connectivity index (χ0n) is 9.42. The number of ether oxygens (including phenoxy) is 2. The van der Waals surface area contributed by atoms with Gasteiger partial charge in [-0.3, -0.25) is 0 Å². The minimum Gasteiger partial charge on any atom is -0.394 e. The fourth-order valence-corrected chi connectivity index (χ4v) is 0.948. The van der Waals surface area contributed by atoms with Crippen LogP contribution < -0.4 is 0 Å². The number of hydrogen-bond acceptors (Lipinski definition) is 6. The van der Waals surface area contributed by atoms with Gasteiger partial charge >= 0.3 is 0 Å². The third-order valence-electron chi connectivity index (χ3n) is 1.90. The highest BCUT2D eigenvalue weighted by atomic mass is 16.5. The average Bonchev–Trinajstić information content (AvgIpc) is 2.31. The van der Waals surface area contributed by atoms with Gasteiger partial charge in [0.15, 0.2) is 0 Å². The van der Waals surface area contributed by atoms with E-state index in [0.717, 1.165) is 0 Å². The molecule has 0 heterocycles. The molecule has 2 unspecified atom stereocenters. The van der Waals surface area contributed by atoms with Gasteiger partial charge in [-0.25, -0.2) is 0 Å². The molecule has 16 heavy (non-hydrogen) atoms. The second-order valence-corrected chi connectivity index (χ2v) is 3.50. The Hall–Kier alpha value is -0.240. The number of aliphatic hydroxyl groups excluding tert-OH is 4. The highest BCUT2D eigenvalue weighted by Crippen LogP contribution is 1.93. The highest BCUT2D eigenvalue weighted by Gasteiger charge is 2.02. The van der Waals surface area contributed by atoms with Crippen LogP contribution in [0.15, 0.2) is 0 Å². The van der Waals surface area contributed by atoms with Gasteiger partial charge in [0, 0.05) is 19.8 Å². The second-order valence-electron chi connectivity index (χ2n) is 3.50. The monoisotopic (exact) mass is 238 g/mol. The smallest absolute Gasteiger partial charge is 0.100 e. The summed E-state index contributed by atoms with van der Waals surface area (Å²) in [7, 11) is 0. The molecule has 98 valence electrons. The lowest BCUT2D eigenvalue weighted by Crippen LogP contribution is -2.20. The van der Waals surface area contributed by atoms with E-state index in [0.29, 0.717) is 32.7 Å². The van der Waals surface area contributed by atoms with Crippen LogP contribution in [0.5, 0.6) is 0 Å². The van der Waals surface area contributed by atoms with Gasteiger partial charge in [-0.1, -0.05) is 0 Å². The zero-order chi connectivity index (χ0) is 12.2. The van der Waals surface area contributed by atoms with Crippen molar-refractivity contribution in [3.63, 3.8) is 0 Å². The quantitative estimate of drug-likeness (QED) is 0.327. The highest BCUT2D eigenvalue weighted by molar-refractivity contribution is 4.51. The molecule has 0 rings (SSSR count). The molecule has 0 fully saturated rings. The van der Waals surface area contributed by atoms with Gasteiger partial charge in [-0.15, -0.1) is 0 Å². The Bertz CT molecular complexity index is 127. The summed E-state index contributed by atoms with van der Waals surface area (Å²) < 4.78 is 10.2. The molecular weight excluding hydrogens is 216 g/mol. The molecular formula is C10H22O6. The van der Waals surface area contributed by atoms with E-state index in [2.05, 4.69) is 0 Å². The van der Waals surface area contributed by atoms with Gasteiger partial charge < -0.3 is 29.9 Å². The Balaban J connectivity index is 3.04. The molecule has 0 aliphatic heterocycles. The molecule has 0 aliphatic carbocycles. The van der Waals surface area contributed by atoms with Crippen LogP contribution >= 0.6 is 0 Å². The summed E-state index contributed by atoms with van der Waals surface area (Å²) in [6.07, 6.45) is -0.426. The maximum atomic E-state index is 8.98. The molecule has 4 N–H and O–H groups in total. The summed E-state index contributed by atoms with van der Waals surface area (Å²) in [4.78, 5) is 0. The number of rotatable bonds is 11. The molecule has 0 aromatic rings. The lowest BCUT2D eigenvalue weighted by molar-refractivity contribution is -0.00281. The van der Waals surface area contributed by atoms with E-state index in [9.17, 15) is 0 Å². The van der Waals surface area contributed by atoms with Gasteiger partial charge in [0.25, 0.3) is 0 Å². The van der Waals surface area contributed by atoms with E-state index in [1.54, 1.807) is 0 Å². The van der Waals surface area contributed by atoms with Crippen molar-refractivity contribution in [2.75, 3.05) is 39.6 Å². The topological polar surface area (TPSA) is 99.4 Å². The minimum absolute atomic E-state index is 0.125. The lowest BCUT2D eigenvalue weighted by Gasteiger charge is -2.09. The molecule has 0 saturated heterocycles. The van der Waals surface area contributed by atoms with Gasteiger partial charge in [0.2, 0.25) is 0 Å². The standard InChI is InChI=1S/C10H22O6/c11-6-9(13)2-5-15-3-1-4-16-8-10(14)7-12/h9-14H,1-8H2. The molecule has 0 aromatic carbocycles. The first-order valence-electron chi connectivity index (χ1n) is 5.44. The molecule has 6 heteroatoms. The summed E-state index contributed by atoms with van der Waals surface area (Å²) in [5, 5.41) is 34.9. The number of hydrogen-bond donors (Lipinski definition) is 4. The maximum Gasteiger partial charge on any atom is 0.100 e. The molecule has 0 amide bonds. The fraction of sp³-hybridized carbons (Fsp3) is 1.00. The van der Waals surface area contributed by atoms with Crippen molar-refractivity contribution in [3.05, 3.63) is 0 Å². The van der Waals surface area contributed by atoms with E-state index in [1.807, 2.05) is 0 Å². The molecule has 2 atom stereocenters. The van der Waals surface area contributed by atoms with Crippen molar-refractivity contribution in [3.8, 4) is 0 Å². The summed E-state index contributed by atoms with van der Waals surface area (Å²) >= 11 is 0. The first kappa shape index (κ1) is 15.8. The molecule has 0 saturated carbocycles. The minimum atomic E-state index is -0.819. The summed E-state index contributed by atoms with van der Waals surface area (Å²) in [5.74, 6) is 0.